The molecule has 0 saturated carbocycles. The first-order chi connectivity index (χ1) is 7.31. The third kappa shape index (κ3) is 1.57. The van der Waals surface area contributed by atoms with Gasteiger partial charge in [0, 0.05) is 0 Å². The first-order valence-corrected chi connectivity index (χ1v) is 5.14. The van der Waals surface area contributed by atoms with Crippen LogP contribution in [0.1, 0.15) is 5.56 Å². The number of nitrogens with one attached hydrogen (secondary N) is 2. The van der Waals surface area contributed by atoms with E-state index >= 15 is 0 Å². The van der Waals surface area contributed by atoms with E-state index in [2.05, 4.69) is 10.3 Å². The average molecular weight is 204 g/mol. The van der Waals surface area contributed by atoms with Gasteiger partial charge in [-0.1, -0.05) is 6.07 Å². The largest absolute Gasteiger partial charge is 0.417 e. The van der Waals surface area contributed by atoms with Crippen LogP contribution in [0, 0.1) is 5.92 Å². The van der Waals surface area contributed by atoms with E-state index in [9.17, 15) is 4.79 Å². The van der Waals surface area contributed by atoms with Gasteiger partial charge in [0.15, 0.2) is 5.58 Å². The third-order valence-electron chi connectivity index (χ3n) is 2.88. The molecule has 0 amide bonds. The van der Waals surface area contributed by atoms with Gasteiger partial charge >= 0.3 is 5.76 Å². The van der Waals surface area contributed by atoms with Crippen molar-refractivity contribution in [2.45, 2.75) is 6.42 Å². The summed E-state index contributed by atoms with van der Waals surface area (Å²) in [6, 6.07) is 5.90. The van der Waals surface area contributed by atoms with Crippen LogP contribution in [-0.4, -0.2) is 18.1 Å². The second kappa shape index (κ2) is 3.24. The van der Waals surface area contributed by atoms with Gasteiger partial charge in [-0.25, -0.2) is 4.79 Å². The summed E-state index contributed by atoms with van der Waals surface area (Å²) >= 11 is 0. The molecule has 4 nitrogen and oxygen atoms in total. The Kier molecular flexibility index (Phi) is 1.89. The van der Waals surface area contributed by atoms with Crippen LogP contribution in [0.4, 0.5) is 0 Å². The molecule has 1 aromatic heterocycles. The van der Waals surface area contributed by atoms with E-state index in [1.807, 2.05) is 18.2 Å². The fraction of sp³-hybridized carbons (Fsp3) is 0.364. The summed E-state index contributed by atoms with van der Waals surface area (Å²) in [4.78, 5) is 13.6. The quantitative estimate of drug-likeness (QED) is 0.763. The number of rotatable bonds is 2. The summed E-state index contributed by atoms with van der Waals surface area (Å²) in [7, 11) is 0. The van der Waals surface area contributed by atoms with Crippen molar-refractivity contribution in [1.29, 1.82) is 0 Å². The zero-order chi connectivity index (χ0) is 10.3. The third-order valence-corrected chi connectivity index (χ3v) is 2.88. The van der Waals surface area contributed by atoms with Crippen molar-refractivity contribution < 1.29 is 4.42 Å². The van der Waals surface area contributed by atoms with E-state index in [1.54, 1.807) is 0 Å². The monoisotopic (exact) mass is 204 g/mol. The Morgan fingerprint density at radius 2 is 2.27 bits per heavy atom. The summed E-state index contributed by atoms with van der Waals surface area (Å²) in [6.07, 6.45) is 1.05. The van der Waals surface area contributed by atoms with Crippen LogP contribution >= 0.6 is 0 Å². The van der Waals surface area contributed by atoms with Crippen LogP contribution in [0.15, 0.2) is 27.4 Å². The molecule has 4 heteroatoms. The van der Waals surface area contributed by atoms with Gasteiger partial charge in [-0.15, -0.1) is 0 Å². The van der Waals surface area contributed by atoms with Gasteiger partial charge in [0.05, 0.1) is 5.52 Å². The molecule has 1 aromatic carbocycles. The molecule has 2 N–H and O–H groups in total. The van der Waals surface area contributed by atoms with Crippen LogP contribution in [0.5, 0.6) is 0 Å². The molecule has 1 fully saturated rings. The van der Waals surface area contributed by atoms with E-state index in [0.29, 0.717) is 5.58 Å². The zero-order valence-corrected chi connectivity index (χ0v) is 8.25. The highest BCUT2D eigenvalue weighted by Crippen LogP contribution is 2.17. The van der Waals surface area contributed by atoms with Gasteiger partial charge in [-0.05, 0) is 43.1 Å². The maximum Gasteiger partial charge on any atom is 0.417 e. The van der Waals surface area contributed by atoms with Gasteiger partial charge < -0.3 is 9.73 Å². The van der Waals surface area contributed by atoms with Crippen LogP contribution in [0.3, 0.4) is 0 Å². The molecule has 1 aliphatic heterocycles. The summed E-state index contributed by atoms with van der Waals surface area (Å²) in [6.45, 7) is 2.18. The molecule has 2 heterocycles. The Morgan fingerprint density at radius 3 is 3.00 bits per heavy atom. The molecule has 0 spiro atoms. The standard InChI is InChI=1S/C11H12N2O2/c14-11-13-9-2-1-7(4-10(9)15-11)3-8-5-12-6-8/h1-2,4,8,12H,3,5-6H2,(H,13,14). The van der Waals surface area contributed by atoms with Crippen molar-refractivity contribution in [3.8, 4) is 0 Å². The number of aromatic nitrogens is 1. The maximum absolute atomic E-state index is 11.0. The normalized spacial score (nSPS) is 16.8. The average Bonchev–Trinajstić information content (AvgIpc) is 2.50. The number of oxazole rings is 1. The van der Waals surface area contributed by atoms with Crippen LogP contribution < -0.4 is 11.1 Å². The number of aromatic amines is 1. The molecule has 2 aromatic rings. The highest BCUT2D eigenvalue weighted by Gasteiger charge is 2.17. The topological polar surface area (TPSA) is 58.0 Å². The lowest BCUT2D eigenvalue weighted by Gasteiger charge is -2.26. The summed E-state index contributed by atoms with van der Waals surface area (Å²) < 4.78 is 5.02. The van der Waals surface area contributed by atoms with Crippen molar-refractivity contribution >= 4 is 11.1 Å². The fourth-order valence-corrected chi connectivity index (χ4v) is 1.94. The predicted octanol–water partition coefficient (Wildman–Crippen LogP) is 0.883. The van der Waals surface area contributed by atoms with Crippen LogP contribution in [-0.2, 0) is 6.42 Å². The summed E-state index contributed by atoms with van der Waals surface area (Å²) in [5.41, 5.74) is 2.66. The van der Waals surface area contributed by atoms with E-state index < -0.39 is 0 Å². The minimum absolute atomic E-state index is 0.382. The molecule has 15 heavy (non-hydrogen) atoms. The second-order valence-corrected chi connectivity index (χ2v) is 4.07. The van der Waals surface area contributed by atoms with Crippen molar-refractivity contribution in [1.82, 2.24) is 10.3 Å². The Balaban J connectivity index is 1.94. The zero-order valence-electron chi connectivity index (χ0n) is 8.25. The van der Waals surface area contributed by atoms with E-state index in [1.165, 1.54) is 5.56 Å². The minimum atomic E-state index is -0.382. The van der Waals surface area contributed by atoms with E-state index in [4.69, 9.17) is 4.42 Å². The van der Waals surface area contributed by atoms with Gasteiger partial charge in [0.1, 0.15) is 0 Å². The lowest BCUT2D eigenvalue weighted by atomic mass is 9.94. The smallest absolute Gasteiger partial charge is 0.408 e. The van der Waals surface area contributed by atoms with Gasteiger partial charge in [0.25, 0.3) is 0 Å². The number of hydrogen-bond acceptors (Lipinski definition) is 3. The highest BCUT2D eigenvalue weighted by atomic mass is 16.4. The molecular formula is C11H12N2O2. The second-order valence-electron chi connectivity index (χ2n) is 4.07. The summed E-state index contributed by atoms with van der Waals surface area (Å²) in [5, 5.41) is 3.24. The maximum atomic E-state index is 11.0. The Morgan fingerprint density at radius 1 is 1.40 bits per heavy atom. The SMILES string of the molecule is O=c1[nH]c2ccc(CC3CNC3)cc2o1. The first-order valence-electron chi connectivity index (χ1n) is 5.14. The molecule has 3 rings (SSSR count). The Labute approximate surface area is 86.3 Å². The van der Waals surface area contributed by atoms with Crippen molar-refractivity contribution in [3.63, 3.8) is 0 Å². The van der Waals surface area contributed by atoms with Crippen molar-refractivity contribution in [2.75, 3.05) is 13.1 Å². The number of benzene rings is 1. The predicted molar refractivity (Wildman–Crippen MR) is 56.9 cm³/mol. The molecule has 0 radical (unpaired) electrons. The van der Waals surface area contributed by atoms with E-state index in [0.717, 1.165) is 30.9 Å². The molecule has 0 atom stereocenters. The molecule has 1 saturated heterocycles. The van der Waals surface area contributed by atoms with Gasteiger partial charge in [-0.2, -0.15) is 0 Å². The lowest BCUT2D eigenvalue weighted by molar-refractivity contribution is 0.346. The minimum Gasteiger partial charge on any atom is -0.408 e. The number of hydrogen-bond donors (Lipinski definition) is 2. The first kappa shape index (κ1) is 8.73. The van der Waals surface area contributed by atoms with E-state index in [-0.39, 0.29) is 5.76 Å². The molecular weight excluding hydrogens is 192 g/mol. The molecule has 1 aliphatic rings. The van der Waals surface area contributed by atoms with Crippen LogP contribution in [0.2, 0.25) is 0 Å². The fourth-order valence-electron chi connectivity index (χ4n) is 1.94. The molecule has 0 bridgehead atoms. The van der Waals surface area contributed by atoms with Gasteiger partial charge in [-0.3, -0.25) is 4.98 Å². The number of fused-ring (bicyclic) bond motifs is 1. The summed E-state index contributed by atoms with van der Waals surface area (Å²) in [5.74, 6) is 0.348. The van der Waals surface area contributed by atoms with Crippen molar-refractivity contribution in [2.24, 2.45) is 5.92 Å². The molecule has 0 aliphatic carbocycles. The molecule has 78 valence electrons. The Bertz CT molecular complexity index is 537. The Hall–Kier alpha value is -1.55. The van der Waals surface area contributed by atoms with Gasteiger partial charge in [0.2, 0.25) is 0 Å². The number of H-pyrrole nitrogens is 1. The molecule has 0 unspecified atom stereocenters. The highest BCUT2D eigenvalue weighted by molar-refractivity contribution is 5.72. The van der Waals surface area contributed by atoms with Crippen LogP contribution in [0.25, 0.3) is 11.1 Å². The van der Waals surface area contributed by atoms with Crippen molar-refractivity contribution in [3.05, 3.63) is 34.3 Å². The lowest BCUT2D eigenvalue weighted by Crippen LogP contribution is -2.43.